The number of amides is 1. The van der Waals surface area contributed by atoms with E-state index in [-0.39, 0.29) is 18.4 Å². The van der Waals surface area contributed by atoms with Crippen LogP contribution in [0, 0.1) is 13.8 Å². The Labute approximate surface area is 114 Å². The third-order valence-electron chi connectivity index (χ3n) is 2.99. The Morgan fingerprint density at radius 1 is 1.16 bits per heavy atom. The number of likely N-dealkylation sites (N-methyl/N-ethyl adjacent to an activating group) is 1. The van der Waals surface area contributed by atoms with Gasteiger partial charge in [0.2, 0.25) is 0 Å². The van der Waals surface area contributed by atoms with Crippen LogP contribution in [-0.2, 0) is 9.53 Å². The fourth-order valence-electron chi connectivity index (χ4n) is 2.00. The fraction of sp³-hybridized carbons (Fsp3) is 0.467. The Morgan fingerprint density at radius 2 is 1.74 bits per heavy atom. The van der Waals surface area contributed by atoms with E-state index < -0.39 is 0 Å². The molecule has 0 aliphatic heterocycles. The summed E-state index contributed by atoms with van der Waals surface area (Å²) in [6.45, 7) is 8.21. The molecule has 0 heterocycles. The summed E-state index contributed by atoms with van der Waals surface area (Å²) in [5.74, 6) is -0.491. The molecule has 0 aromatic heterocycles. The molecule has 1 aromatic rings. The highest BCUT2D eigenvalue weighted by atomic mass is 16.5. The number of esters is 1. The minimum absolute atomic E-state index is 0.00303. The smallest absolute Gasteiger partial charge is 0.325 e. The normalized spacial score (nSPS) is 10.1. The van der Waals surface area contributed by atoms with Crippen molar-refractivity contribution in [1.82, 2.24) is 4.90 Å². The lowest BCUT2D eigenvalue weighted by atomic mass is 10.0. The molecule has 0 saturated carbocycles. The van der Waals surface area contributed by atoms with E-state index in [0.29, 0.717) is 18.7 Å². The average Bonchev–Trinajstić information content (AvgIpc) is 2.35. The Kier molecular flexibility index (Phi) is 5.55. The molecule has 0 atom stereocenters. The number of rotatable bonds is 5. The van der Waals surface area contributed by atoms with Gasteiger partial charge in [-0.25, -0.2) is 0 Å². The highest BCUT2D eigenvalue weighted by Crippen LogP contribution is 2.15. The van der Waals surface area contributed by atoms with Crippen molar-refractivity contribution in [3.63, 3.8) is 0 Å². The van der Waals surface area contributed by atoms with E-state index in [1.54, 1.807) is 6.92 Å². The first kappa shape index (κ1) is 15.2. The molecule has 0 spiro atoms. The van der Waals surface area contributed by atoms with Gasteiger partial charge < -0.3 is 9.64 Å². The van der Waals surface area contributed by atoms with Gasteiger partial charge in [0.15, 0.2) is 0 Å². The van der Waals surface area contributed by atoms with Crippen molar-refractivity contribution in [2.45, 2.75) is 27.7 Å². The van der Waals surface area contributed by atoms with Gasteiger partial charge in [0.1, 0.15) is 6.54 Å². The number of benzene rings is 1. The van der Waals surface area contributed by atoms with Crippen molar-refractivity contribution >= 4 is 11.9 Å². The first-order chi connectivity index (χ1) is 9.01. The summed E-state index contributed by atoms with van der Waals surface area (Å²) in [6.07, 6.45) is 0. The van der Waals surface area contributed by atoms with Crippen LogP contribution in [0.25, 0.3) is 0 Å². The largest absolute Gasteiger partial charge is 0.465 e. The van der Waals surface area contributed by atoms with Gasteiger partial charge in [-0.1, -0.05) is 18.2 Å². The molecule has 104 valence electrons. The maximum Gasteiger partial charge on any atom is 0.325 e. The minimum atomic E-state index is -0.371. The molecule has 0 aliphatic carbocycles. The van der Waals surface area contributed by atoms with Crippen molar-refractivity contribution < 1.29 is 14.3 Å². The molecular weight excluding hydrogens is 242 g/mol. The fourth-order valence-corrected chi connectivity index (χ4v) is 2.00. The van der Waals surface area contributed by atoms with E-state index >= 15 is 0 Å². The number of hydrogen-bond acceptors (Lipinski definition) is 3. The summed E-state index contributed by atoms with van der Waals surface area (Å²) in [7, 11) is 0. The van der Waals surface area contributed by atoms with Crippen LogP contribution in [0.1, 0.15) is 35.3 Å². The van der Waals surface area contributed by atoms with Crippen LogP contribution in [0.15, 0.2) is 18.2 Å². The Hall–Kier alpha value is -1.84. The molecule has 19 heavy (non-hydrogen) atoms. The third kappa shape index (κ3) is 3.81. The highest BCUT2D eigenvalue weighted by Gasteiger charge is 2.20. The molecular formula is C15H21NO3. The van der Waals surface area contributed by atoms with Crippen LogP contribution in [0.3, 0.4) is 0 Å². The second-order valence-corrected chi connectivity index (χ2v) is 4.39. The van der Waals surface area contributed by atoms with E-state index in [4.69, 9.17) is 4.74 Å². The molecule has 1 rings (SSSR count). The van der Waals surface area contributed by atoms with E-state index in [0.717, 1.165) is 11.1 Å². The average molecular weight is 263 g/mol. The molecule has 0 fully saturated rings. The summed E-state index contributed by atoms with van der Waals surface area (Å²) in [4.78, 5) is 25.5. The van der Waals surface area contributed by atoms with Crippen molar-refractivity contribution in [2.75, 3.05) is 19.7 Å². The molecule has 4 nitrogen and oxygen atoms in total. The van der Waals surface area contributed by atoms with Gasteiger partial charge in [-0.05, 0) is 38.8 Å². The Morgan fingerprint density at radius 3 is 2.21 bits per heavy atom. The van der Waals surface area contributed by atoms with E-state index in [1.165, 1.54) is 4.90 Å². The third-order valence-corrected chi connectivity index (χ3v) is 2.99. The molecule has 0 N–H and O–H groups in total. The highest BCUT2D eigenvalue weighted by molar-refractivity contribution is 5.98. The van der Waals surface area contributed by atoms with Crippen LogP contribution in [0.5, 0.6) is 0 Å². The Bertz CT molecular complexity index is 448. The number of carbonyl (C=O) groups excluding carboxylic acids is 2. The van der Waals surface area contributed by atoms with E-state index in [1.807, 2.05) is 39.0 Å². The minimum Gasteiger partial charge on any atom is -0.465 e. The predicted molar refractivity (Wildman–Crippen MR) is 74.1 cm³/mol. The maximum absolute atomic E-state index is 12.5. The summed E-state index contributed by atoms with van der Waals surface area (Å²) in [5, 5.41) is 0. The molecule has 0 saturated heterocycles. The van der Waals surface area contributed by atoms with Gasteiger partial charge in [0.25, 0.3) is 5.91 Å². The first-order valence-corrected chi connectivity index (χ1v) is 6.52. The lowest BCUT2D eigenvalue weighted by Crippen LogP contribution is -2.37. The van der Waals surface area contributed by atoms with Crippen LogP contribution in [-0.4, -0.2) is 36.5 Å². The topological polar surface area (TPSA) is 46.6 Å². The number of aryl methyl sites for hydroxylation is 2. The van der Waals surface area contributed by atoms with Crippen molar-refractivity contribution in [2.24, 2.45) is 0 Å². The number of ether oxygens (including phenoxy) is 1. The number of carbonyl (C=O) groups is 2. The molecule has 0 unspecified atom stereocenters. The van der Waals surface area contributed by atoms with Crippen LogP contribution in [0.4, 0.5) is 0 Å². The van der Waals surface area contributed by atoms with Gasteiger partial charge in [0.05, 0.1) is 6.61 Å². The molecule has 0 bridgehead atoms. The van der Waals surface area contributed by atoms with Crippen LogP contribution >= 0.6 is 0 Å². The standard InChI is InChI=1S/C15H21NO3/c1-5-16(10-13(17)19-6-2)15(18)14-11(3)8-7-9-12(14)4/h7-9H,5-6,10H2,1-4H3. The zero-order valence-corrected chi connectivity index (χ0v) is 12.0. The quantitative estimate of drug-likeness (QED) is 0.766. The van der Waals surface area contributed by atoms with E-state index in [2.05, 4.69) is 0 Å². The zero-order valence-electron chi connectivity index (χ0n) is 12.0. The lowest BCUT2D eigenvalue weighted by molar-refractivity contribution is -0.143. The van der Waals surface area contributed by atoms with Gasteiger partial charge in [-0.3, -0.25) is 9.59 Å². The predicted octanol–water partition coefficient (Wildman–Crippen LogP) is 2.33. The molecule has 1 aromatic carbocycles. The van der Waals surface area contributed by atoms with Crippen LogP contribution in [0.2, 0.25) is 0 Å². The molecule has 4 heteroatoms. The molecule has 1 amide bonds. The number of hydrogen-bond donors (Lipinski definition) is 0. The Balaban J connectivity index is 2.93. The van der Waals surface area contributed by atoms with Crippen LogP contribution < -0.4 is 0 Å². The zero-order chi connectivity index (χ0) is 14.4. The summed E-state index contributed by atoms with van der Waals surface area (Å²) < 4.78 is 4.89. The van der Waals surface area contributed by atoms with Crippen molar-refractivity contribution in [3.8, 4) is 0 Å². The number of nitrogens with zero attached hydrogens (tertiary/aromatic N) is 1. The van der Waals surface area contributed by atoms with E-state index in [9.17, 15) is 9.59 Å². The second-order valence-electron chi connectivity index (χ2n) is 4.39. The summed E-state index contributed by atoms with van der Waals surface area (Å²) >= 11 is 0. The van der Waals surface area contributed by atoms with Gasteiger partial charge in [-0.2, -0.15) is 0 Å². The maximum atomic E-state index is 12.5. The van der Waals surface area contributed by atoms with Gasteiger partial charge in [-0.15, -0.1) is 0 Å². The molecule has 0 aliphatic rings. The summed E-state index contributed by atoms with van der Waals surface area (Å²) in [5.41, 5.74) is 2.52. The first-order valence-electron chi connectivity index (χ1n) is 6.52. The summed E-state index contributed by atoms with van der Waals surface area (Å²) in [6, 6.07) is 5.72. The molecule has 0 radical (unpaired) electrons. The van der Waals surface area contributed by atoms with Crippen molar-refractivity contribution in [1.29, 1.82) is 0 Å². The van der Waals surface area contributed by atoms with Gasteiger partial charge >= 0.3 is 5.97 Å². The van der Waals surface area contributed by atoms with Gasteiger partial charge in [0, 0.05) is 12.1 Å². The monoisotopic (exact) mass is 263 g/mol. The van der Waals surface area contributed by atoms with Crippen molar-refractivity contribution in [3.05, 3.63) is 34.9 Å². The SMILES string of the molecule is CCOC(=O)CN(CC)C(=O)c1c(C)cccc1C. The second kappa shape index (κ2) is 6.92. The lowest BCUT2D eigenvalue weighted by Gasteiger charge is -2.21.